The highest BCUT2D eigenvalue weighted by molar-refractivity contribution is 9.10. The van der Waals surface area contributed by atoms with E-state index in [-0.39, 0.29) is 28.4 Å². The predicted octanol–water partition coefficient (Wildman–Crippen LogP) is 5.99. The molecule has 1 aromatic carbocycles. The van der Waals surface area contributed by atoms with Crippen molar-refractivity contribution < 1.29 is 17.9 Å². The number of ether oxygens (including phenoxy) is 1. The van der Waals surface area contributed by atoms with Gasteiger partial charge in [-0.25, -0.2) is 18.2 Å². The van der Waals surface area contributed by atoms with Crippen LogP contribution in [0.1, 0.15) is 70.2 Å². The molecule has 0 radical (unpaired) electrons. The number of carbonyl (C=O) groups excluding carboxylic acids is 1. The van der Waals surface area contributed by atoms with Crippen molar-refractivity contribution in [3.8, 4) is 10.4 Å². The first kappa shape index (κ1) is 23.3. The number of halogens is 1. The quantitative estimate of drug-likeness (QED) is 0.475. The monoisotopic (exact) mass is 552 g/mol. The highest BCUT2D eigenvalue weighted by atomic mass is 79.9. The van der Waals surface area contributed by atoms with E-state index in [4.69, 9.17) is 9.72 Å². The number of rotatable bonds is 6. The maximum atomic E-state index is 13.1. The third-order valence-electron chi connectivity index (χ3n) is 7.39. The number of benzene rings is 1. The van der Waals surface area contributed by atoms with Crippen molar-refractivity contribution in [1.82, 2.24) is 10.3 Å². The number of sulfone groups is 1. The molecule has 1 N–H and O–H groups in total. The van der Waals surface area contributed by atoms with E-state index in [0.29, 0.717) is 4.90 Å². The van der Waals surface area contributed by atoms with Crippen molar-refractivity contribution in [1.29, 1.82) is 0 Å². The van der Waals surface area contributed by atoms with Gasteiger partial charge in [-0.15, -0.1) is 11.3 Å². The number of nitrogens with one attached hydrogen (secondary N) is 1. The summed E-state index contributed by atoms with van der Waals surface area (Å²) < 4.78 is 32.3. The van der Waals surface area contributed by atoms with Gasteiger partial charge in [-0.2, -0.15) is 0 Å². The molecule has 4 saturated carbocycles. The summed E-state index contributed by atoms with van der Waals surface area (Å²) in [6.45, 7) is 3.72. The number of carbonyl (C=O) groups is 1. The number of thiazole rings is 1. The number of nitrogens with zero attached hydrogens (tertiary/aromatic N) is 1. The van der Waals surface area contributed by atoms with Crippen LogP contribution in [0.5, 0.6) is 0 Å². The van der Waals surface area contributed by atoms with Crippen molar-refractivity contribution in [3.05, 3.63) is 33.9 Å². The largest absolute Gasteiger partial charge is 0.447 e. The molecule has 0 spiro atoms. The second-order valence-corrected chi connectivity index (χ2v) is 14.2. The molecule has 4 fully saturated rings. The van der Waals surface area contributed by atoms with Gasteiger partial charge in [-0.05, 0) is 77.3 Å². The Morgan fingerprint density at radius 3 is 2.45 bits per heavy atom. The van der Waals surface area contributed by atoms with Crippen LogP contribution in [0.25, 0.3) is 10.4 Å². The smallest absolute Gasteiger partial charge is 0.407 e. The molecule has 4 aliphatic rings. The summed E-state index contributed by atoms with van der Waals surface area (Å²) >= 11 is 5.07. The minimum atomic E-state index is -3.33. The number of hydrogen-bond donors (Lipinski definition) is 1. The van der Waals surface area contributed by atoms with Gasteiger partial charge < -0.3 is 10.1 Å². The Bertz CT molecular complexity index is 1160. The Hall–Kier alpha value is -1.45. The lowest BCUT2D eigenvalue weighted by Gasteiger charge is -2.52. The lowest BCUT2D eigenvalue weighted by molar-refractivity contribution is 0.0560. The van der Waals surface area contributed by atoms with Crippen molar-refractivity contribution in [2.24, 2.45) is 0 Å². The summed E-state index contributed by atoms with van der Waals surface area (Å²) in [5, 5.41) is 3.99. The molecule has 1 aromatic heterocycles. The third-order valence-corrected chi connectivity index (χ3v) is 11.5. The van der Waals surface area contributed by atoms with Crippen LogP contribution in [-0.2, 0) is 20.0 Å². The number of fused-ring (bicyclic) bond motifs is 3. The van der Waals surface area contributed by atoms with Crippen LogP contribution in [0.15, 0.2) is 33.8 Å². The summed E-state index contributed by atoms with van der Waals surface area (Å²) in [7, 11) is -3.33. The van der Waals surface area contributed by atoms with E-state index in [2.05, 4.69) is 21.2 Å². The first-order chi connectivity index (χ1) is 15.6. The van der Waals surface area contributed by atoms with E-state index >= 15 is 0 Å². The number of amides is 1. The Balaban J connectivity index is 1.38. The lowest BCUT2D eigenvalue weighted by atomic mass is 9.57. The second-order valence-electron chi connectivity index (χ2n) is 10.1. The van der Waals surface area contributed by atoms with Gasteiger partial charge in [-0.3, -0.25) is 0 Å². The molecular formula is C24H29BrN2O4S2. The number of alkyl carbamates (subject to hydrolysis) is 1. The van der Waals surface area contributed by atoms with Gasteiger partial charge in [0.25, 0.3) is 0 Å². The molecule has 33 heavy (non-hydrogen) atoms. The Morgan fingerprint density at radius 1 is 1.18 bits per heavy atom. The fourth-order valence-corrected chi connectivity index (χ4v) is 8.99. The normalized spacial score (nSPS) is 27.0. The first-order valence-electron chi connectivity index (χ1n) is 11.6. The van der Waals surface area contributed by atoms with E-state index in [9.17, 15) is 13.2 Å². The van der Waals surface area contributed by atoms with Crippen LogP contribution in [0.3, 0.4) is 0 Å². The third kappa shape index (κ3) is 4.36. The predicted molar refractivity (Wildman–Crippen MR) is 132 cm³/mol. The van der Waals surface area contributed by atoms with Crippen LogP contribution in [0.4, 0.5) is 4.79 Å². The molecule has 0 aliphatic heterocycles. The fraction of sp³-hybridized carbons (Fsp3) is 0.583. The van der Waals surface area contributed by atoms with Gasteiger partial charge in [0.15, 0.2) is 9.84 Å². The second kappa shape index (κ2) is 8.34. The molecule has 9 heteroatoms. The summed E-state index contributed by atoms with van der Waals surface area (Å²) in [4.78, 5) is 18.3. The van der Waals surface area contributed by atoms with Gasteiger partial charge in [0.2, 0.25) is 0 Å². The maximum Gasteiger partial charge on any atom is 0.407 e. The highest BCUT2D eigenvalue weighted by Crippen LogP contribution is 2.55. The van der Waals surface area contributed by atoms with Crippen molar-refractivity contribution in [2.75, 3.05) is 0 Å². The first-order valence-corrected chi connectivity index (χ1v) is 14.8. The summed E-state index contributed by atoms with van der Waals surface area (Å²) in [6.07, 6.45) is 8.51. The molecule has 6 rings (SSSR count). The number of aromatic nitrogens is 1. The fourth-order valence-electron chi connectivity index (χ4n) is 5.29. The summed E-state index contributed by atoms with van der Waals surface area (Å²) in [5.74, 6) is 0. The molecule has 4 aliphatic carbocycles. The lowest BCUT2D eigenvalue weighted by Crippen LogP contribution is -2.58. The van der Waals surface area contributed by atoms with E-state index in [0.717, 1.165) is 71.3 Å². The topological polar surface area (TPSA) is 85.4 Å². The Kier molecular flexibility index (Phi) is 5.89. The zero-order valence-electron chi connectivity index (χ0n) is 18.9. The van der Waals surface area contributed by atoms with E-state index < -0.39 is 9.84 Å². The van der Waals surface area contributed by atoms with Crippen molar-refractivity contribution in [3.63, 3.8) is 0 Å². The number of hydrogen-bond acceptors (Lipinski definition) is 6. The summed E-state index contributed by atoms with van der Waals surface area (Å²) in [5.41, 5.74) is 0.592. The maximum absolute atomic E-state index is 13.1. The van der Waals surface area contributed by atoms with Crippen LogP contribution >= 0.6 is 27.3 Å². The van der Waals surface area contributed by atoms with Crippen molar-refractivity contribution >= 4 is 43.2 Å². The van der Waals surface area contributed by atoms with E-state index in [1.165, 1.54) is 0 Å². The minimum Gasteiger partial charge on any atom is -0.447 e. The molecule has 1 heterocycles. The van der Waals surface area contributed by atoms with Crippen LogP contribution in [0, 0.1) is 0 Å². The zero-order chi connectivity index (χ0) is 23.4. The molecule has 0 atom stereocenters. The zero-order valence-corrected chi connectivity index (χ0v) is 22.1. The Morgan fingerprint density at radius 2 is 1.85 bits per heavy atom. The SMILES string of the molecule is CC(C)OC(=O)NC12CCC(c3ncc(-c4ccc(Br)cc4S(=O)(=O)C4CC4)s3)(CC1)CC2. The van der Waals surface area contributed by atoms with Crippen LogP contribution in [0.2, 0.25) is 0 Å². The average Bonchev–Trinajstić information content (AvgIpc) is 3.52. The standard InChI is InChI=1S/C24H29BrN2O4S2/c1-15(2)31-22(28)27-24-10-7-23(8-11-24,9-12-24)21-26-14-19(32-21)18-6-3-16(25)13-20(18)33(29,30)17-4-5-17/h3,6,13-15,17H,4-5,7-12H2,1-2H3,(H,27,28). The molecule has 2 bridgehead atoms. The molecule has 0 saturated heterocycles. The van der Waals surface area contributed by atoms with E-state index in [1.54, 1.807) is 17.4 Å². The van der Waals surface area contributed by atoms with Crippen molar-refractivity contribution in [2.45, 2.75) is 92.4 Å². The molecule has 0 unspecified atom stereocenters. The minimum absolute atomic E-state index is 0.0131. The van der Waals surface area contributed by atoms with Gasteiger partial charge in [-0.1, -0.05) is 22.0 Å². The average molecular weight is 554 g/mol. The van der Waals surface area contributed by atoms with Gasteiger partial charge >= 0.3 is 6.09 Å². The molecule has 2 aromatic rings. The van der Waals surface area contributed by atoms with Crippen LogP contribution in [-0.4, -0.2) is 36.4 Å². The molecular weight excluding hydrogens is 524 g/mol. The highest BCUT2D eigenvalue weighted by Gasteiger charge is 2.51. The van der Waals surface area contributed by atoms with Gasteiger partial charge in [0, 0.05) is 27.2 Å². The van der Waals surface area contributed by atoms with Crippen LogP contribution < -0.4 is 5.32 Å². The Labute approximate surface area is 207 Å². The van der Waals surface area contributed by atoms with Gasteiger partial charge in [0.1, 0.15) is 0 Å². The molecule has 6 nitrogen and oxygen atoms in total. The molecule has 178 valence electrons. The summed E-state index contributed by atoms with van der Waals surface area (Å²) in [6, 6.07) is 5.53. The van der Waals surface area contributed by atoms with Gasteiger partial charge in [0.05, 0.1) is 26.1 Å². The molecule has 1 amide bonds. The van der Waals surface area contributed by atoms with E-state index in [1.807, 2.05) is 32.2 Å².